The predicted molar refractivity (Wildman–Crippen MR) is 107 cm³/mol. The third-order valence-corrected chi connectivity index (χ3v) is 5.57. The van der Waals surface area contributed by atoms with E-state index in [1.54, 1.807) is 0 Å². The highest BCUT2D eigenvalue weighted by Crippen LogP contribution is 2.33. The molecule has 0 radical (unpaired) electrons. The van der Waals surface area contributed by atoms with Crippen LogP contribution in [0.1, 0.15) is 45.6 Å². The number of methoxy groups -OCH3 is 1. The molecule has 1 saturated carbocycles. The predicted octanol–water partition coefficient (Wildman–Crippen LogP) is 3.24. The standard InChI is InChI=1S/C22H34N2O3/c1-16(2)19-11-10-17(3)12-20(19)23-21(25)14-24(15-22(26)27-4)13-18-8-6-5-7-9-18/h5-9,16-17,19-20H,10-15H2,1-4H3,(H,23,25)/t17-,19+,20+/m1/s1. The van der Waals surface area contributed by atoms with Gasteiger partial charge in [-0.15, -0.1) is 0 Å². The van der Waals surface area contributed by atoms with Crippen LogP contribution in [0.25, 0.3) is 0 Å². The lowest BCUT2D eigenvalue weighted by atomic mass is 9.74. The second-order valence-corrected chi connectivity index (χ2v) is 8.21. The van der Waals surface area contributed by atoms with Gasteiger partial charge in [-0.3, -0.25) is 14.5 Å². The maximum absolute atomic E-state index is 12.8. The molecule has 1 aromatic carbocycles. The second kappa shape index (κ2) is 10.5. The number of hydrogen-bond acceptors (Lipinski definition) is 4. The van der Waals surface area contributed by atoms with Crippen LogP contribution in [-0.2, 0) is 20.9 Å². The summed E-state index contributed by atoms with van der Waals surface area (Å²) in [6.07, 6.45) is 3.43. The van der Waals surface area contributed by atoms with Crippen molar-refractivity contribution in [3.8, 4) is 0 Å². The third-order valence-electron chi connectivity index (χ3n) is 5.57. The molecule has 0 bridgehead atoms. The fraction of sp³-hybridized carbons (Fsp3) is 0.636. The van der Waals surface area contributed by atoms with E-state index in [1.165, 1.54) is 20.0 Å². The van der Waals surface area contributed by atoms with E-state index in [0.29, 0.717) is 24.3 Å². The summed E-state index contributed by atoms with van der Waals surface area (Å²) >= 11 is 0. The van der Waals surface area contributed by atoms with Gasteiger partial charge in [-0.05, 0) is 36.2 Å². The molecule has 0 saturated heterocycles. The lowest BCUT2D eigenvalue weighted by molar-refractivity contribution is -0.142. The Balaban J connectivity index is 1.99. The van der Waals surface area contributed by atoms with Gasteiger partial charge in [0.1, 0.15) is 0 Å². The fourth-order valence-electron chi connectivity index (χ4n) is 4.08. The first-order valence-electron chi connectivity index (χ1n) is 10.0. The maximum atomic E-state index is 12.8. The largest absolute Gasteiger partial charge is 0.468 e. The van der Waals surface area contributed by atoms with Crippen LogP contribution in [-0.4, -0.2) is 43.0 Å². The van der Waals surface area contributed by atoms with E-state index in [-0.39, 0.29) is 31.0 Å². The molecule has 1 N–H and O–H groups in total. The first-order valence-corrected chi connectivity index (χ1v) is 10.0. The molecule has 0 spiro atoms. The zero-order valence-corrected chi connectivity index (χ0v) is 17.1. The van der Waals surface area contributed by atoms with E-state index in [1.807, 2.05) is 35.2 Å². The summed E-state index contributed by atoms with van der Waals surface area (Å²) < 4.78 is 4.80. The third kappa shape index (κ3) is 6.98. The molecule has 3 atom stereocenters. The molecule has 1 amide bonds. The van der Waals surface area contributed by atoms with Crippen LogP contribution in [0.2, 0.25) is 0 Å². The minimum absolute atomic E-state index is 0.0143. The summed E-state index contributed by atoms with van der Waals surface area (Å²) in [6, 6.07) is 10.1. The van der Waals surface area contributed by atoms with Crippen molar-refractivity contribution in [3.05, 3.63) is 35.9 Å². The molecular formula is C22H34N2O3. The summed E-state index contributed by atoms with van der Waals surface area (Å²) in [5, 5.41) is 3.26. The first-order chi connectivity index (χ1) is 12.9. The van der Waals surface area contributed by atoms with Crippen LogP contribution in [0.3, 0.4) is 0 Å². The average Bonchev–Trinajstić information content (AvgIpc) is 2.62. The van der Waals surface area contributed by atoms with Gasteiger partial charge in [0.2, 0.25) is 5.91 Å². The molecule has 0 aliphatic heterocycles. The van der Waals surface area contributed by atoms with Gasteiger partial charge in [0.05, 0.1) is 20.2 Å². The zero-order chi connectivity index (χ0) is 19.8. The number of ether oxygens (including phenoxy) is 1. The van der Waals surface area contributed by atoms with Crippen LogP contribution >= 0.6 is 0 Å². The van der Waals surface area contributed by atoms with Crippen molar-refractivity contribution < 1.29 is 14.3 Å². The van der Waals surface area contributed by atoms with Crippen molar-refractivity contribution in [1.82, 2.24) is 10.2 Å². The minimum Gasteiger partial charge on any atom is -0.468 e. The van der Waals surface area contributed by atoms with E-state index in [4.69, 9.17) is 4.74 Å². The number of hydrogen-bond donors (Lipinski definition) is 1. The number of rotatable bonds is 8. The molecule has 1 aromatic rings. The SMILES string of the molecule is COC(=O)CN(CC(=O)N[C@H]1C[C@H](C)CC[C@H]1C(C)C)Cc1ccccc1. The Morgan fingerprint density at radius 2 is 1.89 bits per heavy atom. The Labute approximate surface area is 163 Å². The Morgan fingerprint density at radius 3 is 2.52 bits per heavy atom. The zero-order valence-electron chi connectivity index (χ0n) is 17.1. The fourth-order valence-corrected chi connectivity index (χ4v) is 4.08. The lowest BCUT2D eigenvalue weighted by Gasteiger charge is -2.38. The molecule has 150 valence electrons. The number of amides is 1. The lowest BCUT2D eigenvalue weighted by Crippen LogP contribution is -2.49. The molecule has 0 aromatic heterocycles. The summed E-state index contributed by atoms with van der Waals surface area (Å²) in [4.78, 5) is 26.4. The summed E-state index contributed by atoms with van der Waals surface area (Å²) in [5.41, 5.74) is 1.07. The number of carbonyl (C=O) groups excluding carboxylic acids is 2. The van der Waals surface area contributed by atoms with Gasteiger partial charge in [0.25, 0.3) is 0 Å². The Kier molecular flexibility index (Phi) is 8.29. The Hall–Kier alpha value is -1.88. The van der Waals surface area contributed by atoms with Crippen molar-refractivity contribution in [2.45, 2.75) is 52.6 Å². The van der Waals surface area contributed by atoms with Crippen molar-refractivity contribution in [2.24, 2.45) is 17.8 Å². The Morgan fingerprint density at radius 1 is 1.19 bits per heavy atom. The van der Waals surface area contributed by atoms with E-state index < -0.39 is 0 Å². The topological polar surface area (TPSA) is 58.6 Å². The number of nitrogens with zero attached hydrogens (tertiary/aromatic N) is 1. The van der Waals surface area contributed by atoms with Crippen LogP contribution in [0, 0.1) is 17.8 Å². The van der Waals surface area contributed by atoms with E-state index in [0.717, 1.165) is 12.0 Å². The highest BCUT2D eigenvalue weighted by molar-refractivity contribution is 5.79. The quantitative estimate of drug-likeness (QED) is 0.710. The van der Waals surface area contributed by atoms with Crippen LogP contribution < -0.4 is 5.32 Å². The normalized spacial score (nSPS) is 22.7. The molecular weight excluding hydrogens is 340 g/mol. The van der Waals surface area contributed by atoms with Crippen molar-refractivity contribution >= 4 is 11.9 Å². The molecule has 1 fully saturated rings. The average molecular weight is 375 g/mol. The number of carbonyl (C=O) groups is 2. The maximum Gasteiger partial charge on any atom is 0.319 e. The molecule has 5 heteroatoms. The molecule has 2 rings (SSSR count). The Bertz CT molecular complexity index is 603. The van der Waals surface area contributed by atoms with Crippen molar-refractivity contribution in [2.75, 3.05) is 20.2 Å². The second-order valence-electron chi connectivity index (χ2n) is 8.21. The highest BCUT2D eigenvalue weighted by atomic mass is 16.5. The molecule has 0 unspecified atom stereocenters. The highest BCUT2D eigenvalue weighted by Gasteiger charge is 2.32. The monoisotopic (exact) mass is 374 g/mol. The summed E-state index contributed by atoms with van der Waals surface area (Å²) in [6.45, 7) is 7.57. The molecule has 1 aliphatic rings. The molecule has 27 heavy (non-hydrogen) atoms. The van der Waals surface area contributed by atoms with Gasteiger partial charge < -0.3 is 10.1 Å². The molecule has 5 nitrogen and oxygen atoms in total. The van der Waals surface area contributed by atoms with Crippen LogP contribution in [0.15, 0.2) is 30.3 Å². The van der Waals surface area contributed by atoms with Gasteiger partial charge >= 0.3 is 5.97 Å². The summed E-state index contributed by atoms with van der Waals surface area (Å²) in [5.74, 6) is 1.37. The van der Waals surface area contributed by atoms with Gasteiger partial charge in [0, 0.05) is 12.6 Å². The minimum atomic E-state index is -0.329. The van der Waals surface area contributed by atoms with E-state index in [9.17, 15) is 9.59 Å². The van der Waals surface area contributed by atoms with Gasteiger partial charge in [-0.2, -0.15) is 0 Å². The smallest absolute Gasteiger partial charge is 0.319 e. The number of esters is 1. The van der Waals surface area contributed by atoms with E-state index in [2.05, 4.69) is 26.1 Å². The van der Waals surface area contributed by atoms with Crippen molar-refractivity contribution in [1.29, 1.82) is 0 Å². The van der Waals surface area contributed by atoms with Crippen LogP contribution in [0.4, 0.5) is 0 Å². The number of benzene rings is 1. The van der Waals surface area contributed by atoms with Gasteiger partial charge in [0.15, 0.2) is 0 Å². The number of nitrogens with one attached hydrogen (secondary N) is 1. The molecule has 1 aliphatic carbocycles. The van der Waals surface area contributed by atoms with Gasteiger partial charge in [-0.25, -0.2) is 0 Å². The summed E-state index contributed by atoms with van der Waals surface area (Å²) in [7, 11) is 1.37. The van der Waals surface area contributed by atoms with Gasteiger partial charge in [-0.1, -0.05) is 57.5 Å². The van der Waals surface area contributed by atoms with Crippen LogP contribution in [0.5, 0.6) is 0 Å². The first kappa shape index (κ1) is 21.4. The van der Waals surface area contributed by atoms with E-state index >= 15 is 0 Å². The van der Waals surface area contributed by atoms with Crippen molar-refractivity contribution in [3.63, 3.8) is 0 Å². The molecule has 0 heterocycles.